The molecule has 2 aromatic heterocycles. The molecule has 0 atom stereocenters. The summed E-state index contributed by atoms with van der Waals surface area (Å²) in [6, 6.07) is 1.52. The Balaban J connectivity index is 2.06. The summed E-state index contributed by atoms with van der Waals surface area (Å²) >= 11 is 0. The molecule has 1 aliphatic rings. The van der Waals surface area contributed by atoms with Crippen molar-refractivity contribution in [1.29, 1.82) is 0 Å². The van der Waals surface area contributed by atoms with E-state index in [0.29, 0.717) is 5.75 Å². The van der Waals surface area contributed by atoms with Crippen molar-refractivity contribution in [3.63, 3.8) is 0 Å². The molecular formula is C21H22F3N3O5. The van der Waals surface area contributed by atoms with Crippen molar-refractivity contribution < 1.29 is 37.3 Å². The Bertz CT molecular complexity index is 1100. The molecule has 8 nitrogen and oxygen atoms in total. The van der Waals surface area contributed by atoms with Gasteiger partial charge in [-0.3, -0.25) is 19.3 Å². The number of Topliss-reactive ketones (excluding diaryl/α,β-unsaturated/α-hetero) is 2. The lowest BCUT2D eigenvalue weighted by Crippen LogP contribution is -2.29. The van der Waals surface area contributed by atoms with Crippen LogP contribution in [0.5, 0.6) is 11.5 Å². The topological polar surface area (TPSA) is 104 Å². The lowest BCUT2D eigenvalue weighted by molar-refractivity contribution is -0.141. The Morgan fingerprint density at radius 2 is 1.94 bits per heavy atom. The fraction of sp³-hybridized carbons (Fsp3) is 0.429. The largest absolute Gasteiger partial charge is 0.511 e. The first kappa shape index (κ1) is 23.3. The monoisotopic (exact) mass is 453 g/mol. The van der Waals surface area contributed by atoms with Gasteiger partial charge in [-0.2, -0.15) is 18.3 Å². The zero-order chi connectivity index (χ0) is 23.8. The molecule has 3 rings (SSSR count). The van der Waals surface area contributed by atoms with E-state index in [2.05, 4.69) is 10.1 Å². The van der Waals surface area contributed by atoms with E-state index in [0.717, 1.165) is 10.9 Å². The summed E-state index contributed by atoms with van der Waals surface area (Å²) in [5.74, 6) is -1.92. The number of ether oxygens (including phenoxy) is 2. The average Bonchev–Trinajstić information content (AvgIpc) is 3.10. The molecule has 1 N–H and O–H groups in total. The van der Waals surface area contributed by atoms with E-state index >= 15 is 0 Å². The number of allylic oxidation sites excluding steroid dienone is 2. The van der Waals surface area contributed by atoms with Crippen molar-refractivity contribution in [2.24, 2.45) is 5.41 Å². The number of pyridine rings is 1. The van der Waals surface area contributed by atoms with Crippen molar-refractivity contribution in [3.05, 3.63) is 46.7 Å². The molecule has 32 heavy (non-hydrogen) atoms. The highest BCUT2D eigenvalue weighted by Gasteiger charge is 2.43. The number of hydrogen-bond donors (Lipinski definition) is 1. The van der Waals surface area contributed by atoms with Gasteiger partial charge in [0.2, 0.25) is 5.78 Å². The smallest absolute Gasteiger partial charge is 0.435 e. The van der Waals surface area contributed by atoms with Gasteiger partial charge in [0.25, 0.3) is 0 Å². The maximum absolute atomic E-state index is 13.7. The fourth-order valence-electron chi connectivity index (χ4n) is 3.68. The number of methoxy groups -OCH3 is 2. The van der Waals surface area contributed by atoms with Crippen LogP contribution in [-0.4, -0.2) is 45.7 Å². The number of halogens is 3. The number of carbonyl (C=O) groups is 2. The second-order valence-corrected chi connectivity index (χ2v) is 8.17. The van der Waals surface area contributed by atoms with Gasteiger partial charge in [0, 0.05) is 31.3 Å². The zero-order valence-corrected chi connectivity index (χ0v) is 17.9. The third-order valence-electron chi connectivity index (χ3n) is 5.03. The number of aromatic nitrogens is 3. The molecule has 1 aliphatic carbocycles. The first-order chi connectivity index (χ1) is 14.9. The quantitative estimate of drug-likeness (QED) is 0.525. The highest BCUT2D eigenvalue weighted by Crippen LogP contribution is 2.39. The van der Waals surface area contributed by atoms with E-state index in [9.17, 15) is 27.9 Å². The Hall–Kier alpha value is -3.37. The van der Waals surface area contributed by atoms with E-state index < -0.39 is 45.7 Å². The van der Waals surface area contributed by atoms with Crippen LogP contribution in [0.15, 0.2) is 29.8 Å². The molecule has 2 aromatic rings. The van der Waals surface area contributed by atoms with Gasteiger partial charge >= 0.3 is 6.18 Å². The molecule has 0 amide bonds. The number of hydrogen-bond acceptors (Lipinski definition) is 7. The van der Waals surface area contributed by atoms with Crippen LogP contribution in [0.1, 0.15) is 48.4 Å². The van der Waals surface area contributed by atoms with Crippen molar-refractivity contribution in [2.45, 2.75) is 39.4 Å². The molecule has 0 saturated heterocycles. The minimum Gasteiger partial charge on any atom is -0.511 e. The highest BCUT2D eigenvalue weighted by atomic mass is 19.4. The van der Waals surface area contributed by atoms with E-state index in [-0.39, 0.29) is 30.8 Å². The third kappa shape index (κ3) is 4.46. The SMILES string of the molecule is COc1ccnc(Cn2cc(C(=O)C3=C(O)CC(C)(C)CC3=O)c(C(F)(F)F)n2)c1OC. The van der Waals surface area contributed by atoms with E-state index in [1.165, 1.54) is 26.5 Å². The summed E-state index contributed by atoms with van der Waals surface area (Å²) in [4.78, 5) is 29.5. The van der Waals surface area contributed by atoms with Crippen LogP contribution >= 0.6 is 0 Å². The van der Waals surface area contributed by atoms with E-state index in [1.54, 1.807) is 13.8 Å². The fourth-order valence-corrected chi connectivity index (χ4v) is 3.68. The van der Waals surface area contributed by atoms with Gasteiger partial charge in [-0.25, -0.2) is 0 Å². The first-order valence-electron chi connectivity index (χ1n) is 9.58. The molecule has 2 heterocycles. The van der Waals surface area contributed by atoms with Crippen LogP contribution in [0.2, 0.25) is 0 Å². The summed E-state index contributed by atoms with van der Waals surface area (Å²) < 4.78 is 52.2. The van der Waals surface area contributed by atoms with Crippen LogP contribution in [-0.2, 0) is 17.5 Å². The summed E-state index contributed by atoms with van der Waals surface area (Å²) in [5, 5.41) is 13.8. The molecule has 0 aliphatic heterocycles. The number of nitrogens with zero attached hydrogens (tertiary/aromatic N) is 3. The molecule has 0 radical (unpaired) electrons. The lowest BCUT2D eigenvalue weighted by Gasteiger charge is -2.29. The number of aliphatic hydroxyl groups excluding tert-OH is 1. The van der Waals surface area contributed by atoms with Crippen molar-refractivity contribution in [1.82, 2.24) is 14.8 Å². The number of carbonyl (C=O) groups excluding carboxylic acids is 2. The maximum Gasteiger partial charge on any atom is 0.435 e. The van der Waals surface area contributed by atoms with Crippen LogP contribution in [0.3, 0.4) is 0 Å². The zero-order valence-electron chi connectivity index (χ0n) is 17.9. The van der Waals surface area contributed by atoms with E-state index in [1.807, 2.05) is 0 Å². The van der Waals surface area contributed by atoms with Crippen LogP contribution < -0.4 is 9.47 Å². The average molecular weight is 453 g/mol. The van der Waals surface area contributed by atoms with Gasteiger partial charge in [0.1, 0.15) is 17.0 Å². The second kappa shape index (κ2) is 8.29. The number of aliphatic hydroxyl groups is 1. The predicted molar refractivity (Wildman–Crippen MR) is 106 cm³/mol. The second-order valence-electron chi connectivity index (χ2n) is 8.17. The lowest BCUT2D eigenvalue weighted by atomic mass is 9.75. The van der Waals surface area contributed by atoms with E-state index in [4.69, 9.17) is 9.47 Å². The van der Waals surface area contributed by atoms with Crippen LogP contribution in [0.4, 0.5) is 13.2 Å². The Morgan fingerprint density at radius 3 is 2.50 bits per heavy atom. The summed E-state index contributed by atoms with van der Waals surface area (Å²) in [6.07, 6.45) is -2.75. The molecule has 0 bridgehead atoms. The van der Waals surface area contributed by atoms with Crippen molar-refractivity contribution >= 4 is 11.6 Å². The number of ketones is 2. The van der Waals surface area contributed by atoms with Gasteiger partial charge < -0.3 is 14.6 Å². The molecule has 0 spiro atoms. The number of rotatable bonds is 6. The summed E-state index contributed by atoms with van der Waals surface area (Å²) in [7, 11) is 2.75. The molecular weight excluding hydrogens is 431 g/mol. The van der Waals surface area contributed by atoms with Gasteiger partial charge in [0.05, 0.1) is 26.3 Å². The number of alkyl halides is 3. The van der Waals surface area contributed by atoms with Crippen molar-refractivity contribution in [3.8, 4) is 11.5 Å². The van der Waals surface area contributed by atoms with Gasteiger partial charge in [-0.1, -0.05) is 13.8 Å². The minimum atomic E-state index is -4.96. The maximum atomic E-state index is 13.7. The summed E-state index contributed by atoms with van der Waals surface area (Å²) in [6.45, 7) is 3.18. The highest BCUT2D eigenvalue weighted by molar-refractivity contribution is 6.27. The Morgan fingerprint density at radius 1 is 1.25 bits per heavy atom. The third-order valence-corrected chi connectivity index (χ3v) is 5.03. The van der Waals surface area contributed by atoms with Gasteiger partial charge in [-0.05, 0) is 5.41 Å². The van der Waals surface area contributed by atoms with Crippen LogP contribution in [0, 0.1) is 5.41 Å². The van der Waals surface area contributed by atoms with Crippen molar-refractivity contribution in [2.75, 3.05) is 14.2 Å². The Kier molecular flexibility index (Phi) is 6.03. The normalized spacial score (nSPS) is 16.3. The molecule has 11 heteroatoms. The standard InChI is InChI=1S/C21H22F3N3O5/c1-20(2)7-13(28)16(14(29)8-20)17(30)11-9-27(26-19(11)21(22,23)24)10-12-18(32-4)15(31-3)5-6-25-12/h5-6,9,28H,7-8,10H2,1-4H3. The molecule has 0 aromatic carbocycles. The molecule has 0 unspecified atom stereocenters. The summed E-state index contributed by atoms with van der Waals surface area (Å²) in [5.41, 5.74) is -3.29. The predicted octanol–water partition coefficient (Wildman–Crippen LogP) is 3.75. The Labute approximate surface area is 181 Å². The van der Waals surface area contributed by atoms with Crippen LogP contribution in [0.25, 0.3) is 0 Å². The molecule has 0 fully saturated rings. The minimum absolute atomic E-state index is 0.000229. The van der Waals surface area contributed by atoms with Gasteiger partial charge in [0.15, 0.2) is 23.0 Å². The molecule has 0 saturated carbocycles. The van der Waals surface area contributed by atoms with Gasteiger partial charge in [-0.15, -0.1) is 0 Å². The molecule has 172 valence electrons. The first-order valence-corrected chi connectivity index (χ1v) is 9.58.